The summed E-state index contributed by atoms with van der Waals surface area (Å²) < 4.78 is 4.41. The van der Waals surface area contributed by atoms with E-state index in [0.29, 0.717) is 0 Å². The molecule has 0 aromatic rings. The molecule has 74 valence electrons. The second kappa shape index (κ2) is 5.35. The summed E-state index contributed by atoms with van der Waals surface area (Å²) in [4.78, 5) is 21.6. The average molecular weight is 186 g/mol. The van der Waals surface area contributed by atoms with Gasteiger partial charge in [-0.3, -0.25) is 9.59 Å². The van der Waals surface area contributed by atoms with E-state index in [1.807, 2.05) is 0 Å². The van der Waals surface area contributed by atoms with Crippen molar-refractivity contribution in [3.8, 4) is 0 Å². The molecule has 0 saturated heterocycles. The Morgan fingerprint density at radius 3 is 2.08 bits per heavy atom. The molecule has 13 heavy (non-hydrogen) atoms. The molecule has 0 bridgehead atoms. The Morgan fingerprint density at radius 2 is 1.77 bits per heavy atom. The molecule has 0 aliphatic carbocycles. The molecule has 0 fully saturated rings. The van der Waals surface area contributed by atoms with E-state index in [0.717, 1.165) is 0 Å². The first-order chi connectivity index (χ1) is 5.99. The van der Waals surface area contributed by atoms with E-state index < -0.39 is 0 Å². The van der Waals surface area contributed by atoms with Crippen LogP contribution >= 0.6 is 0 Å². The van der Waals surface area contributed by atoms with Crippen LogP contribution in [0.2, 0.25) is 0 Å². The Balaban J connectivity index is 4.24. The summed E-state index contributed by atoms with van der Waals surface area (Å²) >= 11 is 0. The number of Topliss-reactive ketones (excluding diaryl/α,β-unsaturated/α-hetero) is 1. The van der Waals surface area contributed by atoms with Crippen molar-refractivity contribution in [1.82, 2.24) is 0 Å². The largest absolute Gasteiger partial charge is 0.512 e. The number of hydrogen-bond donors (Lipinski definition) is 1. The van der Waals surface area contributed by atoms with Gasteiger partial charge in [-0.25, -0.2) is 0 Å². The van der Waals surface area contributed by atoms with E-state index in [9.17, 15) is 9.59 Å². The Morgan fingerprint density at radius 1 is 1.23 bits per heavy atom. The number of carbonyl (C=O) groups is 2. The summed E-state index contributed by atoms with van der Waals surface area (Å²) in [7, 11) is 1.28. The monoisotopic (exact) mass is 186 g/mol. The maximum Gasteiger partial charge on any atom is 0.305 e. The first-order valence-electron chi connectivity index (χ1n) is 3.95. The summed E-state index contributed by atoms with van der Waals surface area (Å²) in [5.74, 6) is -0.639. The van der Waals surface area contributed by atoms with Crippen LogP contribution in [0.1, 0.15) is 26.7 Å². The standard InChI is InChI=1S/C9H14O4/c1-6(10)8(7(2)11)4-5-9(12)13-3/h10H,4-5H2,1-3H3. The van der Waals surface area contributed by atoms with Gasteiger partial charge in [0.15, 0.2) is 5.78 Å². The van der Waals surface area contributed by atoms with Crippen molar-refractivity contribution in [3.63, 3.8) is 0 Å². The number of aliphatic hydroxyl groups is 1. The molecule has 0 aromatic heterocycles. The minimum Gasteiger partial charge on any atom is -0.512 e. The summed E-state index contributed by atoms with van der Waals surface area (Å²) in [6.07, 6.45) is 0.341. The molecule has 0 rings (SSSR count). The number of ketones is 1. The second-order valence-electron chi connectivity index (χ2n) is 2.70. The van der Waals surface area contributed by atoms with Crippen molar-refractivity contribution in [2.75, 3.05) is 7.11 Å². The molecule has 0 aromatic carbocycles. The highest BCUT2D eigenvalue weighted by molar-refractivity contribution is 5.94. The highest BCUT2D eigenvalue weighted by Crippen LogP contribution is 2.10. The highest BCUT2D eigenvalue weighted by Gasteiger charge is 2.10. The molecule has 1 N–H and O–H groups in total. The van der Waals surface area contributed by atoms with Gasteiger partial charge in [-0.15, -0.1) is 0 Å². The predicted molar refractivity (Wildman–Crippen MR) is 47.3 cm³/mol. The van der Waals surface area contributed by atoms with Crippen LogP contribution in [0.15, 0.2) is 11.3 Å². The number of esters is 1. The Hall–Kier alpha value is -1.32. The van der Waals surface area contributed by atoms with Gasteiger partial charge in [0.1, 0.15) is 0 Å². The fraction of sp³-hybridized carbons (Fsp3) is 0.556. The Labute approximate surface area is 77.2 Å². The maximum absolute atomic E-state index is 10.9. The van der Waals surface area contributed by atoms with Crippen molar-refractivity contribution in [3.05, 3.63) is 11.3 Å². The zero-order chi connectivity index (χ0) is 10.4. The fourth-order valence-corrected chi connectivity index (χ4v) is 0.941. The summed E-state index contributed by atoms with van der Waals surface area (Å²) in [5.41, 5.74) is 0.283. The Kier molecular flexibility index (Phi) is 4.80. The minimum absolute atomic E-state index is 0.0311. The van der Waals surface area contributed by atoms with Gasteiger partial charge in [-0.2, -0.15) is 0 Å². The molecular weight excluding hydrogens is 172 g/mol. The zero-order valence-corrected chi connectivity index (χ0v) is 8.09. The van der Waals surface area contributed by atoms with Gasteiger partial charge in [0.25, 0.3) is 0 Å². The van der Waals surface area contributed by atoms with E-state index in [1.54, 1.807) is 0 Å². The number of allylic oxidation sites excluding steroid dienone is 2. The zero-order valence-electron chi connectivity index (χ0n) is 8.09. The molecule has 0 radical (unpaired) electrons. The fourth-order valence-electron chi connectivity index (χ4n) is 0.941. The SMILES string of the molecule is COC(=O)CCC(C(C)=O)=C(C)O. The van der Waals surface area contributed by atoms with E-state index >= 15 is 0 Å². The lowest BCUT2D eigenvalue weighted by molar-refractivity contribution is -0.140. The third-order valence-corrected chi connectivity index (χ3v) is 1.67. The molecule has 0 saturated carbocycles. The van der Waals surface area contributed by atoms with Crippen LogP contribution < -0.4 is 0 Å². The molecule has 4 nitrogen and oxygen atoms in total. The van der Waals surface area contributed by atoms with Gasteiger partial charge in [-0.05, 0) is 20.3 Å². The van der Waals surface area contributed by atoms with Crippen LogP contribution in [0.25, 0.3) is 0 Å². The quantitative estimate of drug-likeness (QED) is 0.409. The van der Waals surface area contributed by atoms with Crippen LogP contribution in [-0.4, -0.2) is 24.0 Å². The number of rotatable bonds is 4. The van der Waals surface area contributed by atoms with Crippen molar-refractivity contribution in [2.24, 2.45) is 0 Å². The van der Waals surface area contributed by atoms with E-state index in [4.69, 9.17) is 5.11 Å². The molecule has 0 heterocycles. The molecule has 0 unspecified atom stereocenters. The number of ether oxygens (including phenoxy) is 1. The summed E-state index contributed by atoms with van der Waals surface area (Å²) in [5, 5.41) is 9.07. The van der Waals surface area contributed by atoms with Crippen LogP contribution in [0.3, 0.4) is 0 Å². The molecule has 0 aliphatic rings. The van der Waals surface area contributed by atoms with Gasteiger partial charge in [-0.1, -0.05) is 0 Å². The molecule has 0 aliphatic heterocycles. The number of aliphatic hydroxyl groups excluding tert-OH is 1. The lowest BCUT2D eigenvalue weighted by Gasteiger charge is -2.03. The van der Waals surface area contributed by atoms with Crippen molar-refractivity contribution < 1.29 is 19.4 Å². The molecule has 4 heteroatoms. The van der Waals surface area contributed by atoms with E-state index in [-0.39, 0.29) is 35.9 Å². The number of methoxy groups -OCH3 is 1. The van der Waals surface area contributed by atoms with Crippen LogP contribution in [0.5, 0.6) is 0 Å². The molecular formula is C9H14O4. The normalized spacial score (nSPS) is 11.9. The summed E-state index contributed by atoms with van der Waals surface area (Å²) in [6.45, 7) is 2.78. The van der Waals surface area contributed by atoms with Gasteiger partial charge in [0, 0.05) is 12.0 Å². The van der Waals surface area contributed by atoms with Crippen LogP contribution in [0.4, 0.5) is 0 Å². The second-order valence-corrected chi connectivity index (χ2v) is 2.70. The lowest BCUT2D eigenvalue weighted by Crippen LogP contribution is -2.05. The van der Waals surface area contributed by atoms with Gasteiger partial charge in [0.05, 0.1) is 12.9 Å². The maximum atomic E-state index is 10.9. The highest BCUT2D eigenvalue weighted by atomic mass is 16.5. The van der Waals surface area contributed by atoms with Crippen molar-refractivity contribution in [2.45, 2.75) is 26.7 Å². The molecule has 0 amide bonds. The number of hydrogen-bond acceptors (Lipinski definition) is 4. The van der Waals surface area contributed by atoms with Crippen LogP contribution in [-0.2, 0) is 14.3 Å². The van der Waals surface area contributed by atoms with Gasteiger partial charge < -0.3 is 9.84 Å². The summed E-state index contributed by atoms with van der Waals surface area (Å²) in [6, 6.07) is 0. The van der Waals surface area contributed by atoms with E-state index in [1.165, 1.54) is 21.0 Å². The van der Waals surface area contributed by atoms with Gasteiger partial charge >= 0.3 is 5.97 Å². The van der Waals surface area contributed by atoms with E-state index in [2.05, 4.69) is 4.74 Å². The Bertz CT molecular complexity index is 236. The first-order valence-corrected chi connectivity index (χ1v) is 3.95. The van der Waals surface area contributed by atoms with Crippen LogP contribution in [0, 0.1) is 0 Å². The third kappa shape index (κ3) is 4.30. The first kappa shape index (κ1) is 11.7. The molecule has 0 spiro atoms. The smallest absolute Gasteiger partial charge is 0.305 e. The number of carbonyl (C=O) groups excluding carboxylic acids is 2. The van der Waals surface area contributed by atoms with Gasteiger partial charge in [0.2, 0.25) is 0 Å². The topological polar surface area (TPSA) is 63.6 Å². The lowest BCUT2D eigenvalue weighted by atomic mass is 10.1. The predicted octanol–water partition coefficient (Wildman–Crippen LogP) is 1.36. The van der Waals surface area contributed by atoms with Crippen molar-refractivity contribution in [1.29, 1.82) is 0 Å². The molecule has 0 atom stereocenters. The third-order valence-electron chi connectivity index (χ3n) is 1.67. The minimum atomic E-state index is -0.389. The van der Waals surface area contributed by atoms with Crippen molar-refractivity contribution >= 4 is 11.8 Å². The average Bonchev–Trinajstić information content (AvgIpc) is 2.03.